The molecule has 0 saturated carbocycles. The van der Waals surface area contributed by atoms with Gasteiger partial charge in [0, 0.05) is 45.0 Å². The maximum Gasteiger partial charge on any atom is 0.277 e. The van der Waals surface area contributed by atoms with Gasteiger partial charge in [-0.05, 0) is 49.6 Å². The van der Waals surface area contributed by atoms with E-state index in [1.807, 2.05) is 50.2 Å². The number of carbonyl (C=O) groups excluding carboxylic acids is 1. The monoisotopic (exact) mass is 466 g/mol. The summed E-state index contributed by atoms with van der Waals surface area (Å²) in [5, 5.41) is 8.65. The van der Waals surface area contributed by atoms with Crippen molar-refractivity contribution >= 4 is 23.4 Å². The average Bonchev–Trinajstić information content (AvgIpc) is 3.50. The van der Waals surface area contributed by atoms with E-state index in [-0.39, 0.29) is 17.8 Å². The molecule has 0 radical (unpaired) electrons. The van der Waals surface area contributed by atoms with Gasteiger partial charge in [0.05, 0.1) is 11.9 Å². The van der Waals surface area contributed by atoms with Crippen LogP contribution in [0.25, 0.3) is 11.5 Å². The van der Waals surface area contributed by atoms with Gasteiger partial charge >= 0.3 is 0 Å². The van der Waals surface area contributed by atoms with Gasteiger partial charge in [-0.3, -0.25) is 4.79 Å². The first-order valence-electron chi connectivity index (χ1n) is 11.2. The number of aryl methyl sites for hydroxylation is 1. The zero-order chi connectivity index (χ0) is 23.2. The van der Waals surface area contributed by atoms with Gasteiger partial charge in [-0.15, -0.1) is 10.2 Å². The molecule has 0 spiro atoms. The van der Waals surface area contributed by atoms with Crippen LogP contribution >= 0.6 is 11.8 Å². The minimum Gasteiger partial charge on any atom is -0.411 e. The summed E-state index contributed by atoms with van der Waals surface area (Å²) in [7, 11) is 4.03. The number of carbonyl (C=O) groups is 1. The second-order valence-corrected chi connectivity index (χ2v) is 9.43. The largest absolute Gasteiger partial charge is 0.411 e. The maximum atomic E-state index is 13.2. The van der Waals surface area contributed by atoms with Crippen molar-refractivity contribution in [3.05, 3.63) is 59.7 Å². The van der Waals surface area contributed by atoms with Crippen molar-refractivity contribution in [1.29, 1.82) is 0 Å². The lowest BCUT2D eigenvalue weighted by Gasteiger charge is -2.25. The molecule has 2 heterocycles. The van der Waals surface area contributed by atoms with Crippen molar-refractivity contribution in [2.75, 3.05) is 37.9 Å². The van der Waals surface area contributed by atoms with Crippen LogP contribution in [0.5, 0.6) is 0 Å². The molecule has 0 N–H and O–H groups in total. The molecule has 1 aliphatic rings. The second-order valence-electron chi connectivity index (χ2n) is 8.50. The smallest absolute Gasteiger partial charge is 0.277 e. The van der Waals surface area contributed by atoms with Gasteiger partial charge in [0.1, 0.15) is 0 Å². The molecule has 8 heteroatoms. The SMILES string of the molecule is Cc1cccc(-c2nnc(SCC(=O)N(Cc3ccc(N(C)C)cc3)C[C@H]3CCCO3)o2)c1. The van der Waals surface area contributed by atoms with E-state index in [1.165, 1.54) is 11.8 Å². The summed E-state index contributed by atoms with van der Waals surface area (Å²) in [4.78, 5) is 17.1. The lowest BCUT2D eigenvalue weighted by atomic mass is 10.1. The average molecular weight is 467 g/mol. The third-order valence-electron chi connectivity index (χ3n) is 5.62. The number of anilines is 1. The van der Waals surface area contributed by atoms with Gasteiger partial charge in [0.15, 0.2) is 0 Å². The molecule has 0 unspecified atom stereocenters. The van der Waals surface area contributed by atoms with Crippen LogP contribution < -0.4 is 4.90 Å². The summed E-state index contributed by atoms with van der Waals surface area (Å²) in [6.07, 6.45) is 2.12. The molecule has 1 fully saturated rings. The van der Waals surface area contributed by atoms with Crippen LogP contribution in [0.2, 0.25) is 0 Å². The fourth-order valence-corrected chi connectivity index (χ4v) is 4.45. The molecular weight excluding hydrogens is 436 g/mol. The van der Waals surface area contributed by atoms with Gasteiger partial charge in [0.2, 0.25) is 11.8 Å². The summed E-state index contributed by atoms with van der Waals surface area (Å²) in [6.45, 7) is 3.92. The first kappa shape index (κ1) is 23.3. The molecule has 1 amide bonds. The Bertz CT molecular complexity index is 1060. The molecule has 0 bridgehead atoms. The van der Waals surface area contributed by atoms with E-state index in [1.54, 1.807) is 0 Å². The number of hydrogen-bond acceptors (Lipinski definition) is 7. The molecule has 3 aromatic rings. The van der Waals surface area contributed by atoms with Crippen LogP contribution in [0.1, 0.15) is 24.0 Å². The predicted molar refractivity (Wildman–Crippen MR) is 130 cm³/mol. The van der Waals surface area contributed by atoms with Crippen LogP contribution in [-0.4, -0.2) is 60.1 Å². The van der Waals surface area contributed by atoms with Crippen LogP contribution in [0.3, 0.4) is 0 Å². The Labute approximate surface area is 199 Å². The number of rotatable bonds is 9. The Morgan fingerprint density at radius 2 is 1.97 bits per heavy atom. The first-order valence-corrected chi connectivity index (χ1v) is 12.2. The number of hydrogen-bond donors (Lipinski definition) is 0. The molecule has 1 aromatic heterocycles. The van der Waals surface area contributed by atoms with E-state index in [0.717, 1.165) is 41.8 Å². The highest BCUT2D eigenvalue weighted by molar-refractivity contribution is 7.99. The molecule has 174 valence electrons. The minimum atomic E-state index is 0.0301. The number of aromatic nitrogens is 2. The molecule has 4 rings (SSSR count). The second kappa shape index (κ2) is 10.9. The maximum absolute atomic E-state index is 13.2. The van der Waals surface area contributed by atoms with Crippen LogP contribution in [0.4, 0.5) is 5.69 Å². The van der Waals surface area contributed by atoms with E-state index in [9.17, 15) is 4.79 Å². The van der Waals surface area contributed by atoms with Gasteiger partial charge in [-0.2, -0.15) is 0 Å². The van der Waals surface area contributed by atoms with Gasteiger partial charge in [0.25, 0.3) is 5.22 Å². The topological polar surface area (TPSA) is 71.7 Å². The first-order chi connectivity index (χ1) is 16.0. The normalized spacial score (nSPS) is 15.5. The highest BCUT2D eigenvalue weighted by Gasteiger charge is 2.23. The minimum absolute atomic E-state index is 0.0301. The molecule has 1 aliphatic heterocycles. The summed E-state index contributed by atoms with van der Waals surface area (Å²) in [5.41, 5.74) is 4.23. The van der Waals surface area contributed by atoms with E-state index in [4.69, 9.17) is 9.15 Å². The summed E-state index contributed by atoms with van der Waals surface area (Å²) in [6, 6.07) is 16.2. The zero-order valence-corrected chi connectivity index (χ0v) is 20.2. The number of thioether (sulfide) groups is 1. The quantitative estimate of drug-likeness (QED) is 0.433. The van der Waals surface area contributed by atoms with E-state index in [0.29, 0.717) is 24.2 Å². The zero-order valence-electron chi connectivity index (χ0n) is 19.4. The Morgan fingerprint density at radius 3 is 2.67 bits per heavy atom. The fraction of sp³-hybridized carbons (Fsp3) is 0.400. The van der Waals surface area contributed by atoms with Gasteiger partial charge < -0.3 is 19.0 Å². The summed E-state index contributed by atoms with van der Waals surface area (Å²) in [5.74, 6) is 0.728. The third kappa shape index (κ3) is 6.36. The summed E-state index contributed by atoms with van der Waals surface area (Å²) >= 11 is 1.27. The molecule has 1 saturated heterocycles. The summed E-state index contributed by atoms with van der Waals surface area (Å²) < 4.78 is 11.6. The van der Waals surface area contributed by atoms with Crippen LogP contribution in [0, 0.1) is 6.92 Å². The van der Waals surface area contributed by atoms with E-state index < -0.39 is 0 Å². The van der Waals surface area contributed by atoms with Crippen molar-refractivity contribution in [3.63, 3.8) is 0 Å². The van der Waals surface area contributed by atoms with Crippen molar-refractivity contribution < 1.29 is 13.9 Å². The molecule has 2 aromatic carbocycles. The number of amides is 1. The van der Waals surface area contributed by atoms with Gasteiger partial charge in [-0.25, -0.2) is 0 Å². The van der Waals surface area contributed by atoms with E-state index in [2.05, 4.69) is 39.4 Å². The van der Waals surface area contributed by atoms with Crippen molar-refractivity contribution in [2.45, 2.75) is 37.6 Å². The van der Waals surface area contributed by atoms with E-state index >= 15 is 0 Å². The standard InChI is InChI=1S/C25H30N4O3S/c1-18-6-4-7-20(14-18)24-26-27-25(32-24)33-17-23(30)29(16-22-8-5-13-31-22)15-19-9-11-21(12-10-19)28(2)3/h4,6-7,9-12,14,22H,5,8,13,15-17H2,1-3H3/t22-/m1/s1. The molecule has 0 aliphatic carbocycles. The van der Waals surface area contributed by atoms with Crippen LogP contribution in [-0.2, 0) is 16.1 Å². The van der Waals surface area contributed by atoms with Crippen molar-refractivity contribution in [2.24, 2.45) is 0 Å². The number of benzene rings is 2. The Balaban J connectivity index is 1.40. The molecular formula is C25H30N4O3S. The van der Waals surface area contributed by atoms with Crippen molar-refractivity contribution in [1.82, 2.24) is 15.1 Å². The molecule has 1 atom stereocenters. The lowest BCUT2D eigenvalue weighted by Crippen LogP contribution is -2.38. The third-order valence-corrected chi connectivity index (χ3v) is 6.42. The lowest BCUT2D eigenvalue weighted by molar-refractivity contribution is -0.130. The Hall–Kier alpha value is -2.84. The molecule has 7 nitrogen and oxygen atoms in total. The number of ether oxygens (including phenoxy) is 1. The predicted octanol–water partition coefficient (Wildman–Crippen LogP) is 4.41. The fourth-order valence-electron chi connectivity index (χ4n) is 3.79. The molecule has 33 heavy (non-hydrogen) atoms. The highest BCUT2D eigenvalue weighted by atomic mass is 32.2. The highest BCUT2D eigenvalue weighted by Crippen LogP contribution is 2.25. The Morgan fingerprint density at radius 1 is 1.15 bits per heavy atom. The Kier molecular flexibility index (Phi) is 7.67. The van der Waals surface area contributed by atoms with Crippen LogP contribution in [0.15, 0.2) is 58.2 Å². The number of nitrogens with zero attached hydrogens (tertiary/aromatic N) is 4. The van der Waals surface area contributed by atoms with Gasteiger partial charge in [-0.1, -0.05) is 41.6 Å². The van der Waals surface area contributed by atoms with Crippen molar-refractivity contribution in [3.8, 4) is 11.5 Å².